The maximum Gasteiger partial charge on any atom is 0.227 e. The number of aryl methyl sites for hydroxylation is 1. The van der Waals surface area contributed by atoms with Gasteiger partial charge in [-0.15, -0.1) is 0 Å². The van der Waals surface area contributed by atoms with Crippen LogP contribution in [0.1, 0.15) is 52.0 Å². The summed E-state index contributed by atoms with van der Waals surface area (Å²) in [5.41, 5.74) is 2.41. The van der Waals surface area contributed by atoms with Crippen LogP contribution in [0.15, 0.2) is 22.7 Å². The molecule has 1 aromatic rings. The highest BCUT2D eigenvalue weighted by Crippen LogP contribution is 2.40. The van der Waals surface area contributed by atoms with Crippen LogP contribution in [-0.2, 0) is 4.79 Å². The second kappa shape index (κ2) is 6.51. The molecule has 0 aliphatic heterocycles. The molecule has 0 bridgehead atoms. The molecule has 21 heavy (non-hydrogen) atoms. The van der Waals surface area contributed by atoms with Crippen LogP contribution >= 0.6 is 15.9 Å². The summed E-state index contributed by atoms with van der Waals surface area (Å²) >= 11 is 3.48. The number of benzene rings is 1. The molecule has 1 aromatic carbocycles. The normalized spacial score (nSPS) is 22.9. The fourth-order valence-electron chi connectivity index (χ4n) is 3.27. The topological polar surface area (TPSA) is 29.1 Å². The lowest BCUT2D eigenvalue weighted by Crippen LogP contribution is -2.31. The van der Waals surface area contributed by atoms with Crippen molar-refractivity contribution in [1.29, 1.82) is 0 Å². The van der Waals surface area contributed by atoms with Crippen molar-refractivity contribution in [2.24, 2.45) is 17.3 Å². The SMILES string of the molecule is Cc1cc(Br)cc(NC(=O)C2CCC(C(C)(C)C)CC2)c1. The van der Waals surface area contributed by atoms with Gasteiger partial charge < -0.3 is 5.32 Å². The Morgan fingerprint density at radius 3 is 2.29 bits per heavy atom. The smallest absolute Gasteiger partial charge is 0.227 e. The summed E-state index contributed by atoms with van der Waals surface area (Å²) in [5.74, 6) is 1.09. The molecular weight excluding hydrogens is 326 g/mol. The number of nitrogens with one attached hydrogen (secondary N) is 1. The number of hydrogen-bond acceptors (Lipinski definition) is 1. The van der Waals surface area contributed by atoms with Crippen molar-refractivity contribution in [2.75, 3.05) is 5.32 Å². The van der Waals surface area contributed by atoms with E-state index in [2.05, 4.69) is 42.0 Å². The highest BCUT2D eigenvalue weighted by molar-refractivity contribution is 9.10. The molecule has 0 radical (unpaired) electrons. The van der Waals surface area contributed by atoms with Crippen molar-refractivity contribution < 1.29 is 4.79 Å². The molecule has 0 aromatic heterocycles. The van der Waals surface area contributed by atoms with Gasteiger partial charge in [0.05, 0.1) is 0 Å². The zero-order valence-electron chi connectivity index (χ0n) is 13.5. The van der Waals surface area contributed by atoms with Crippen molar-refractivity contribution in [3.8, 4) is 0 Å². The van der Waals surface area contributed by atoms with E-state index in [9.17, 15) is 4.79 Å². The van der Waals surface area contributed by atoms with Crippen molar-refractivity contribution >= 4 is 27.5 Å². The fourth-order valence-corrected chi connectivity index (χ4v) is 3.88. The number of halogens is 1. The summed E-state index contributed by atoms with van der Waals surface area (Å²) in [6, 6.07) is 6.03. The van der Waals surface area contributed by atoms with Gasteiger partial charge in [0.25, 0.3) is 0 Å². The van der Waals surface area contributed by atoms with Gasteiger partial charge in [0.2, 0.25) is 5.91 Å². The lowest BCUT2D eigenvalue weighted by Gasteiger charge is -2.36. The number of amides is 1. The largest absolute Gasteiger partial charge is 0.326 e. The minimum absolute atomic E-state index is 0.169. The number of carbonyl (C=O) groups excluding carboxylic acids is 1. The van der Waals surface area contributed by atoms with Gasteiger partial charge >= 0.3 is 0 Å². The standard InChI is InChI=1S/C18H26BrNO/c1-12-9-15(19)11-16(10-12)20-17(21)13-5-7-14(8-6-13)18(2,3)4/h9-11,13-14H,5-8H2,1-4H3,(H,20,21). The molecule has 0 saturated heterocycles. The molecule has 2 rings (SSSR count). The van der Waals surface area contributed by atoms with E-state index in [4.69, 9.17) is 0 Å². The third kappa shape index (κ3) is 4.57. The summed E-state index contributed by atoms with van der Waals surface area (Å²) in [5, 5.41) is 3.08. The molecule has 0 heterocycles. The minimum atomic E-state index is 0.169. The van der Waals surface area contributed by atoms with E-state index in [1.165, 1.54) is 12.8 Å². The van der Waals surface area contributed by atoms with E-state index < -0.39 is 0 Å². The monoisotopic (exact) mass is 351 g/mol. The van der Waals surface area contributed by atoms with E-state index in [-0.39, 0.29) is 11.8 Å². The van der Waals surface area contributed by atoms with Crippen LogP contribution in [0, 0.1) is 24.2 Å². The molecule has 1 aliphatic rings. The van der Waals surface area contributed by atoms with Crippen LogP contribution < -0.4 is 5.32 Å². The van der Waals surface area contributed by atoms with E-state index in [1.54, 1.807) is 0 Å². The minimum Gasteiger partial charge on any atom is -0.326 e. The number of rotatable bonds is 2. The molecule has 116 valence electrons. The predicted molar refractivity (Wildman–Crippen MR) is 92.4 cm³/mol. The Balaban J connectivity index is 1.93. The quantitative estimate of drug-likeness (QED) is 0.743. The Kier molecular flexibility index (Phi) is 5.13. The van der Waals surface area contributed by atoms with E-state index in [0.717, 1.165) is 34.5 Å². The average molecular weight is 352 g/mol. The molecule has 0 unspecified atom stereocenters. The van der Waals surface area contributed by atoms with Crippen LogP contribution in [0.4, 0.5) is 5.69 Å². The van der Waals surface area contributed by atoms with Gasteiger partial charge in [0.15, 0.2) is 0 Å². The molecule has 1 amide bonds. The highest BCUT2D eigenvalue weighted by atomic mass is 79.9. The summed E-state index contributed by atoms with van der Waals surface area (Å²) in [4.78, 5) is 12.4. The van der Waals surface area contributed by atoms with Crippen LogP contribution in [0.25, 0.3) is 0 Å². The summed E-state index contributed by atoms with van der Waals surface area (Å²) < 4.78 is 1.01. The fraction of sp³-hybridized carbons (Fsp3) is 0.611. The first kappa shape index (κ1) is 16.5. The zero-order valence-corrected chi connectivity index (χ0v) is 15.1. The van der Waals surface area contributed by atoms with Gasteiger partial charge in [-0.05, 0) is 67.7 Å². The van der Waals surface area contributed by atoms with Crippen LogP contribution in [0.3, 0.4) is 0 Å². The van der Waals surface area contributed by atoms with Gasteiger partial charge in [-0.3, -0.25) is 4.79 Å². The molecule has 0 atom stereocenters. The maximum absolute atomic E-state index is 12.4. The second-order valence-corrected chi connectivity index (χ2v) is 8.34. The molecule has 3 heteroatoms. The predicted octanol–water partition coefficient (Wildman–Crippen LogP) is 5.55. The van der Waals surface area contributed by atoms with Crippen molar-refractivity contribution in [3.05, 3.63) is 28.2 Å². The molecule has 1 aliphatic carbocycles. The molecule has 1 N–H and O–H groups in total. The van der Waals surface area contributed by atoms with Gasteiger partial charge in [-0.1, -0.05) is 36.7 Å². The van der Waals surface area contributed by atoms with E-state index >= 15 is 0 Å². The molecule has 1 saturated carbocycles. The number of carbonyl (C=O) groups is 1. The zero-order chi connectivity index (χ0) is 15.6. The first-order valence-corrected chi connectivity index (χ1v) is 8.63. The number of anilines is 1. The van der Waals surface area contributed by atoms with Crippen molar-refractivity contribution in [2.45, 2.75) is 53.4 Å². The first-order chi connectivity index (χ1) is 9.75. The van der Waals surface area contributed by atoms with Crippen LogP contribution in [0.5, 0.6) is 0 Å². The molecule has 0 spiro atoms. The lowest BCUT2D eigenvalue weighted by atomic mass is 9.69. The lowest BCUT2D eigenvalue weighted by molar-refractivity contribution is -0.121. The Morgan fingerprint density at radius 2 is 1.76 bits per heavy atom. The Bertz CT molecular complexity index is 490. The van der Waals surface area contributed by atoms with Crippen LogP contribution in [-0.4, -0.2) is 5.91 Å². The van der Waals surface area contributed by atoms with Crippen molar-refractivity contribution in [1.82, 2.24) is 0 Å². The van der Waals surface area contributed by atoms with Gasteiger partial charge in [0.1, 0.15) is 0 Å². The Hall–Kier alpha value is -0.830. The number of hydrogen-bond donors (Lipinski definition) is 1. The first-order valence-electron chi connectivity index (χ1n) is 7.84. The summed E-state index contributed by atoms with van der Waals surface area (Å²) in [6.07, 6.45) is 4.36. The summed E-state index contributed by atoms with van der Waals surface area (Å²) in [7, 11) is 0. The summed E-state index contributed by atoms with van der Waals surface area (Å²) in [6.45, 7) is 8.96. The highest BCUT2D eigenvalue weighted by Gasteiger charge is 2.32. The second-order valence-electron chi connectivity index (χ2n) is 7.42. The average Bonchev–Trinajstić information content (AvgIpc) is 2.36. The van der Waals surface area contributed by atoms with Crippen LogP contribution in [0.2, 0.25) is 0 Å². The Labute approximate surface area is 136 Å². The van der Waals surface area contributed by atoms with Gasteiger partial charge in [0, 0.05) is 16.1 Å². The van der Waals surface area contributed by atoms with Gasteiger partial charge in [-0.25, -0.2) is 0 Å². The third-order valence-corrected chi connectivity index (χ3v) is 5.09. The molecular formula is C18H26BrNO. The van der Waals surface area contributed by atoms with E-state index in [0.29, 0.717) is 5.41 Å². The maximum atomic E-state index is 12.4. The third-order valence-electron chi connectivity index (χ3n) is 4.63. The Morgan fingerprint density at radius 1 is 1.14 bits per heavy atom. The van der Waals surface area contributed by atoms with E-state index in [1.807, 2.05) is 25.1 Å². The molecule has 2 nitrogen and oxygen atoms in total. The van der Waals surface area contributed by atoms with Crippen molar-refractivity contribution in [3.63, 3.8) is 0 Å². The molecule has 1 fully saturated rings. The van der Waals surface area contributed by atoms with Gasteiger partial charge in [-0.2, -0.15) is 0 Å².